The van der Waals surface area contributed by atoms with Crippen molar-refractivity contribution in [3.8, 4) is 5.75 Å². The molecule has 10 nitrogen and oxygen atoms in total. The lowest BCUT2D eigenvalue weighted by Crippen LogP contribution is -2.38. The lowest BCUT2D eigenvalue weighted by molar-refractivity contribution is -0.121. The molecule has 0 aliphatic heterocycles. The molecule has 1 amide bonds. The van der Waals surface area contributed by atoms with Gasteiger partial charge in [-0.25, -0.2) is 15.2 Å². The Hall–Kier alpha value is -4.47. The second-order valence-electron chi connectivity index (χ2n) is 7.39. The average Bonchev–Trinajstić information content (AvgIpc) is 3.24. The third-order valence-electron chi connectivity index (χ3n) is 5.04. The quantitative estimate of drug-likeness (QED) is 0.338. The van der Waals surface area contributed by atoms with Gasteiger partial charge in [-0.05, 0) is 23.3 Å². The van der Waals surface area contributed by atoms with Gasteiger partial charge in [0.1, 0.15) is 18.9 Å². The molecule has 2 heterocycles. The minimum atomic E-state index is -0.519. The number of carbonyl (C=O) groups excluding carboxylic acids is 1. The molecule has 0 saturated carbocycles. The molecule has 2 aromatic carbocycles. The van der Waals surface area contributed by atoms with Gasteiger partial charge in [0.05, 0.1) is 12.5 Å². The highest BCUT2D eigenvalue weighted by molar-refractivity contribution is 5.83. The van der Waals surface area contributed by atoms with Gasteiger partial charge in [0.2, 0.25) is 0 Å². The first-order chi connectivity index (χ1) is 15.9. The summed E-state index contributed by atoms with van der Waals surface area (Å²) >= 11 is 0. The zero-order chi connectivity index (χ0) is 23.4. The fraction of sp³-hybridized carbons (Fsp3) is 0.174. The first-order valence-corrected chi connectivity index (χ1v) is 10.1. The van der Waals surface area contributed by atoms with Crippen LogP contribution in [-0.4, -0.2) is 30.8 Å². The molecule has 0 radical (unpaired) electrons. The third kappa shape index (κ3) is 4.74. The molecule has 2 aromatic heterocycles. The number of imidazole rings is 1. The fourth-order valence-electron chi connectivity index (χ4n) is 3.31. The minimum absolute atomic E-state index is 0.169. The number of nitrogens with zero attached hydrogens (tertiary/aromatic N) is 5. The topological polar surface area (TPSA) is 113 Å². The van der Waals surface area contributed by atoms with Crippen molar-refractivity contribution in [2.45, 2.75) is 13.2 Å². The molecule has 10 heteroatoms. The number of nitrogens with one attached hydrogen (secondary N) is 1. The van der Waals surface area contributed by atoms with Crippen LogP contribution in [0.4, 0.5) is 0 Å². The van der Waals surface area contributed by atoms with Gasteiger partial charge in [-0.15, -0.1) is 0 Å². The number of carbonyl (C=O) groups is 1. The SMILES string of the molecule is Cn1c(=O)c2c(ncn2CC(=O)N/N=C\c2cccc(OCc3ccccc3)c2)n(C)c1=O. The van der Waals surface area contributed by atoms with Crippen LogP contribution >= 0.6 is 0 Å². The van der Waals surface area contributed by atoms with Crippen LogP contribution < -0.4 is 21.4 Å². The molecule has 0 saturated heterocycles. The van der Waals surface area contributed by atoms with Crippen molar-refractivity contribution in [2.75, 3.05) is 0 Å². The van der Waals surface area contributed by atoms with Crippen LogP contribution in [0.1, 0.15) is 11.1 Å². The normalized spacial score (nSPS) is 11.2. The van der Waals surface area contributed by atoms with Crippen molar-refractivity contribution in [3.05, 3.63) is 92.9 Å². The largest absolute Gasteiger partial charge is 0.489 e. The summed E-state index contributed by atoms with van der Waals surface area (Å²) in [5, 5.41) is 3.98. The number of amides is 1. The maximum atomic E-state index is 12.5. The van der Waals surface area contributed by atoms with Gasteiger partial charge in [-0.2, -0.15) is 5.10 Å². The summed E-state index contributed by atoms with van der Waals surface area (Å²) in [6.45, 7) is 0.267. The van der Waals surface area contributed by atoms with E-state index in [0.717, 1.165) is 15.7 Å². The molecule has 0 aliphatic rings. The molecular weight excluding hydrogens is 424 g/mol. The van der Waals surface area contributed by atoms with Crippen LogP contribution in [0.5, 0.6) is 5.75 Å². The monoisotopic (exact) mass is 446 g/mol. The van der Waals surface area contributed by atoms with Crippen LogP contribution in [0.25, 0.3) is 11.2 Å². The second-order valence-corrected chi connectivity index (χ2v) is 7.39. The Morgan fingerprint density at radius 2 is 1.88 bits per heavy atom. The highest BCUT2D eigenvalue weighted by Crippen LogP contribution is 2.14. The Balaban J connectivity index is 1.40. The molecule has 4 rings (SSSR count). The molecule has 0 bridgehead atoms. The summed E-state index contributed by atoms with van der Waals surface area (Å²) in [7, 11) is 2.90. The van der Waals surface area contributed by atoms with Gasteiger partial charge in [-0.3, -0.25) is 18.7 Å². The number of hydrogen-bond acceptors (Lipinski definition) is 6. The molecule has 0 unspecified atom stereocenters. The van der Waals surface area contributed by atoms with Gasteiger partial charge >= 0.3 is 5.69 Å². The van der Waals surface area contributed by atoms with E-state index in [-0.39, 0.29) is 17.7 Å². The van der Waals surface area contributed by atoms with Crippen LogP contribution in [0.15, 0.2) is 75.6 Å². The number of ether oxygens (including phenoxy) is 1. The Morgan fingerprint density at radius 1 is 1.09 bits per heavy atom. The number of aromatic nitrogens is 4. The highest BCUT2D eigenvalue weighted by atomic mass is 16.5. The van der Waals surface area contributed by atoms with Crippen molar-refractivity contribution in [2.24, 2.45) is 19.2 Å². The van der Waals surface area contributed by atoms with E-state index in [1.54, 1.807) is 0 Å². The van der Waals surface area contributed by atoms with Gasteiger partial charge in [0.15, 0.2) is 11.2 Å². The van der Waals surface area contributed by atoms with E-state index in [2.05, 4.69) is 15.5 Å². The molecule has 0 atom stereocenters. The molecule has 33 heavy (non-hydrogen) atoms. The summed E-state index contributed by atoms with van der Waals surface area (Å²) in [6.07, 6.45) is 2.85. The Kier molecular flexibility index (Phi) is 6.16. The number of rotatable bonds is 7. The van der Waals surface area contributed by atoms with E-state index in [1.807, 2.05) is 54.6 Å². The summed E-state index contributed by atoms with van der Waals surface area (Å²) in [5.41, 5.74) is 3.62. The van der Waals surface area contributed by atoms with Crippen LogP contribution in [0.3, 0.4) is 0 Å². The number of benzene rings is 2. The second kappa shape index (κ2) is 9.35. The van der Waals surface area contributed by atoms with Crippen molar-refractivity contribution >= 4 is 23.3 Å². The molecule has 1 N–H and O–H groups in total. The maximum absolute atomic E-state index is 12.5. The van der Waals surface area contributed by atoms with E-state index in [4.69, 9.17) is 4.74 Å². The number of aryl methyl sites for hydroxylation is 1. The Morgan fingerprint density at radius 3 is 2.67 bits per heavy atom. The summed E-state index contributed by atoms with van der Waals surface area (Å²) in [6, 6.07) is 17.2. The zero-order valence-corrected chi connectivity index (χ0v) is 18.1. The van der Waals surface area contributed by atoms with E-state index in [0.29, 0.717) is 12.4 Å². The van der Waals surface area contributed by atoms with Crippen LogP contribution in [0.2, 0.25) is 0 Å². The van der Waals surface area contributed by atoms with Gasteiger partial charge in [0, 0.05) is 14.1 Å². The smallest absolute Gasteiger partial charge is 0.332 e. The molecule has 0 aliphatic carbocycles. The van der Waals surface area contributed by atoms with Gasteiger partial charge in [0.25, 0.3) is 11.5 Å². The Bertz CT molecular complexity index is 1450. The molecular formula is C23H22N6O4. The molecule has 0 fully saturated rings. The van der Waals surface area contributed by atoms with Crippen molar-refractivity contribution in [1.29, 1.82) is 0 Å². The van der Waals surface area contributed by atoms with E-state index >= 15 is 0 Å². The predicted octanol–water partition coefficient (Wildman–Crippen LogP) is 1.16. The van der Waals surface area contributed by atoms with E-state index in [1.165, 1.54) is 35.8 Å². The summed E-state index contributed by atoms with van der Waals surface area (Å²) in [5.74, 6) is 0.235. The number of hydrazone groups is 1. The van der Waals surface area contributed by atoms with Crippen molar-refractivity contribution in [3.63, 3.8) is 0 Å². The number of hydrogen-bond donors (Lipinski definition) is 1. The van der Waals surface area contributed by atoms with E-state index < -0.39 is 17.2 Å². The van der Waals surface area contributed by atoms with Crippen molar-refractivity contribution < 1.29 is 9.53 Å². The van der Waals surface area contributed by atoms with Crippen molar-refractivity contribution in [1.82, 2.24) is 24.1 Å². The lowest BCUT2D eigenvalue weighted by Gasteiger charge is -2.07. The van der Waals surface area contributed by atoms with E-state index in [9.17, 15) is 14.4 Å². The molecule has 4 aromatic rings. The first-order valence-electron chi connectivity index (χ1n) is 10.1. The van der Waals surface area contributed by atoms with Crippen LogP contribution in [0, 0.1) is 0 Å². The lowest BCUT2D eigenvalue weighted by atomic mass is 10.2. The maximum Gasteiger partial charge on any atom is 0.332 e. The third-order valence-corrected chi connectivity index (χ3v) is 5.04. The van der Waals surface area contributed by atoms with Crippen LogP contribution in [-0.2, 0) is 32.0 Å². The zero-order valence-electron chi connectivity index (χ0n) is 18.1. The summed E-state index contributed by atoms with van der Waals surface area (Å²) < 4.78 is 9.42. The summed E-state index contributed by atoms with van der Waals surface area (Å²) in [4.78, 5) is 40.9. The fourth-order valence-corrected chi connectivity index (χ4v) is 3.31. The first kappa shape index (κ1) is 21.8. The average molecular weight is 446 g/mol. The number of fused-ring (bicyclic) bond motifs is 1. The predicted molar refractivity (Wildman–Crippen MR) is 123 cm³/mol. The van der Waals surface area contributed by atoms with Gasteiger partial charge in [-0.1, -0.05) is 42.5 Å². The molecule has 168 valence electrons. The standard InChI is InChI=1S/C23H22N6O4/c1-27-21-20(22(31)28(2)23(27)32)29(15-24-21)13-19(30)26-25-12-17-9-6-10-18(11-17)33-14-16-7-4-3-5-8-16/h3-12,15H,13-14H2,1-2H3,(H,26,30)/b25-12-. The minimum Gasteiger partial charge on any atom is -0.489 e. The Labute approximate surface area is 188 Å². The van der Waals surface area contributed by atoms with Gasteiger partial charge < -0.3 is 9.30 Å². The molecule has 0 spiro atoms. The highest BCUT2D eigenvalue weighted by Gasteiger charge is 2.15.